The number of piperazine rings is 1. The summed E-state index contributed by atoms with van der Waals surface area (Å²) in [6.45, 7) is 5.03. The Bertz CT molecular complexity index is 549. The zero-order valence-corrected chi connectivity index (χ0v) is 13.8. The largest absolute Gasteiger partial charge is 0.480 e. The number of aryl methyl sites for hydroxylation is 1. The van der Waals surface area contributed by atoms with Gasteiger partial charge in [0.15, 0.2) is 0 Å². The highest BCUT2D eigenvalue weighted by atomic mass is 79.9. The third-order valence-corrected chi connectivity index (χ3v) is 5.22. The molecule has 1 aliphatic heterocycles. The van der Waals surface area contributed by atoms with Crippen LogP contribution < -0.4 is 0 Å². The number of benzene rings is 1. The number of hydrogen-bond acceptors (Lipinski definition) is 3. The summed E-state index contributed by atoms with van der Waals surface area (Å²) < 4.78 is 1.14. The van der Waals surface area contributed by atoms with E-state index in [1.54, 1.807) is 0 Å². The molecule has 0 aromatic heterocycles. The predicted molar refractivity (Wildman–Crippen MR) is 85.4 cm³/mol. The van der Waals surface area contributed by atoms with Crippen molar-refractivity contribution in [2.45, 2.75) is 31.8 Å². The third-order valence-electron chi connectivity index (χ3n) is 4.73. The molecular weight excluding hydrogens is 332 g/mol. The number of nitrogens with zero attached hydrogens (tertiary/aromatic N) is 2. The quantitative estimate of drug-likeness (QED) is 0.907. The fraction of sp³-hybridized carbons (Fsp3) is 0.562. The van der Waals surface area contributed by atoms with E-state index < -0.39 is 5.97 Å². The van der Waals surface area contributed by atoms with E-state index in [0.717, 1.165) is 30.5 Å². The molecule has 0 spiro atoms. The smallest absolute Gasteiger partial charge is 0.317 e. The number of carboxylic acid groups (broad SMARTS) is 1. The number of carbonyl (C=O) groups is 1. The SMILES string of the molecule is CC1CN(C2CCc3ccc(Br)cc32)CCN1CC(=O)O. The van der Waals surface area contributed by atoms with Crippen molar-refractivity contribution in [2.24, 2.45) is 0 Å². The van der Waals surface area contributed by atoms with Gasteiger partial charge in [0.05, 0.1) is 6.54 Å². The summed E-state index contributed by atoms with van der Waals surface area (Å²) in [7, 11) is 0. The number of rotatable bonds is 3. The van der Waals surface area contributed by atoms with Crippen molar-refractivity contribution in [3.63, 3.8) is 0 Å². The maximum Gasteiger partial charge on any atom is 0.317 e. The molecule has 5 heteroatoms. The summed E-state index contributed by atoms with van der Waals surface area (Å²) in [6.07, 6.45) is 2.33. The van der Waals surface area contributed by atoms with Crippen LogP contribution in [0.25, 0.3) is 0 Å². The summed E-state index contributed by atoms with van der Waals surface area (Å²) in [5, 5.41) is 8.96. The highest BCUT2D eigenvalue weighted by Crippen LogP contribution is 2.38. The Kier molecular flexibility index (Phi) is 4.33. The molecule has 0 saturated carbocycles. The molecule has 0 bridgehead atoms. The van der Waals surface area contributed by atoms with E-state index in [1.807, 2.05) is 0 Å². The molecule has 1 aromatic rings. The maximum atomic E-state index is 10.9. The first-order chi connectivity index (χ1) is 10.0. The average Bonchev–Trinajstić information content (AvgIpc) is 2.83. The highest BCUT2D eigenvalue weighted by Gasteiger charge is 2.33. The zero-order valence-electron chi connectivity index (χ0n) is 12.3. The summed E-state index contributed by atoms with van der Waals surface area (Å²) in [4.78, 5) is 15.5. The number of carboxylic acids is 1. The molecule has 4 nitrogen and oxygen atoms in total. The van der Waals surface area contributed by atoms with Crippen molar-refractivity contribution in [3.8, 4) is 0 Å². The Morgan fingerprint density at radius 2 is 2.24 bits per heavy atom. The van der Waals surface area contributed by atoms with Gasteiger partial charge in [-0.25, -0.2) is 0 Å². The van der Waals surface area contributed by atoms with Gasteiger partial charge in [-0.2, -0.15) is 0 Å². The predicted octanol–water partition coefficient (Wildman–Crippen LogP) is 2.53. The standard InChI is InChI=1S/C16H21BrN2O2/c1-11-9-19(7-6-18(11)10-16(20)21)15-5-3-12-2-4-13(17)8-14(12)15/h2,4,8,11,15H,3,5-7,9-10H2,1H3,(H,20,21). The van der Waals surface area contributed by atoms with Gasteiger partial charge in [-0.15, -0.1) is 0 Å². The number of halogens is 1. The van der Waals surface area contributed by atoms with Gasteiger partial charge in [0.2, 0.25) is 0 Å². The van der Waals surface area contributed by atoms with Crippen molar-refractivity contribution in [1.29, 1.82) is 0 Å². The second-order valence-corrected chi connectivity index (χ2v) is 7.02. The average molecular weight is 353 g/mol. The number of fused-ring (bicyclic) bond motifs is 1. The monoisotopic (exact) mass is 352 g/mol. The molecule has 0 amide bonds. The minimum Gasteiger partial charge on any atom is -0.480 e. The topological polar surface area (TPSA) is 43.8 Å². The molecule has 2 unspecified atom stereocenters. The summed E-state index contributed by atoms with van der Waals surface area (Å²) in [5.74, 6) is -0.731. The first-order valence-electron chi connectivity index (χ1n) is 7.53. The van der Waals surface area contributed by atoms with Crippen LogP contribution in [-0.2, 0) is 11.2 Å². The molecule has 21 heavy (non-hydrogen) atoms. The molecule has 1 aliphatic carbocycles. The lowest BCUT2D eigenvalue weighted by atomic mass is 10.0. The van der Waals surface area contributed by atoms with Crippen LogP contribution in [0.3, 0.4) is 0 Å². The van der Waals surface area contributed by atoms with E-state index in [1.165, 1.54) is 17.5 Å². The van der Waals surface area contributed by atoms with Gasteiger partial charge in [-0.05, 0) is 43.0 Å². The number of hydrogen-bond donors (Lipinski definition) is 1. The van der Waals surface area contributed by atoms with Gasteiger partial charge in [0, 0.05) is 36.2 Å². The van der Waals surface area contributed by atoms with Crippen LogP contribution in [0.4, 0.5) is 0 Å². The fourth-order valence-electron chi connectivity index (χ4n) is 3.65. The first-order valence-corrected chi connectivity index (χ1v) is 8.32. The Hall–Kier alpha value is -0.910. The van der Waals surface area contributed by atoms with Crippen molar-refractivity contribution in [2.75, 3.05) is 26.2 Å². The highest BCUT2D eigenvalue weighted by molar-refractivity contribution is 9.10. The Balaban J connectivity index is 1.71. The molecule has 1 heterocycles. The lowest BCUT2D eigenvalue weighted by molar-refractivity contribution is -0.139. The minimum absolute atomic E-state index is 0.155. The van der Waals surface area contributed by atoms with Crippen molar-refractivity contribution in [3.05, 3.63) is 33.8 Å². The van der Waals surface area contributed by atoms with Gasteiger partial charge in [-0.1, -0.05) is 22.0 Å². The van der Waals surface area contributed by atoms with E-state index in [-0.39, 0.29) is 6.54 Å². The summed E-state index contributed by atoms with van der Waals surface area (Å²) in [6, 6.07) is 7.39. The van der Waals surface area contributed by atoms with E-state index in [0.29, 0.717) is 12.1 Å². The first kappa shape index (κ1) is 15.0. The lowest BCUT2D eigenvalue weighted by Crippen LogP contribution is -2.53. The Labute approximate surface area is 133 Å². The summed E-state index contributed by atoms with van der Waals surface area (Å²) >= 11 is 3.57. The van der Waals surface area contributed by atoms with Gasteiger partial charge < -0.3 is 5.11 Å². The zero-order chi connectivity index (χ0) is 15.0. The van der Waals surface area contributed by atoms with Crippen LogP contribution in [0.2, 0.25) is 0 Å². The molecule has 1 N–H and O–H groups in total. The van der Waals surface area contributed by atoms with Crippen LogP contribution >= 0.6 is 15.9 Å². The van der Waals surface area contributed by atoms with E-state index in [4.69, 9.17) is 5.11 Å². The molecule has 1 aromatic carbocycles. The molecule has 2 aliphatic rings. The van der Waals surface area contributed by atoms with Crippen molar-refractivity contribution >= 4 is 21.9 Å². The lowest BCUT2D eigenvalue weighted by Gasteiger charge is -2.42. The van der Waals surface area contributed by atoms with Crippen LogP contribution in [0, 0.1) is 0 Å². The Morgan fingerprint density at radius 3 is 2.95 bits per heavy atom. The van der Waals surface area contributed by atoms with Crippen LogP contribution in [0.15, 0.2) is 22.7 Å². The van der Waals surface area contributed by atoms with Gasteiger partial charge in [-0.3, -0.25) is 14.6 Å². The van der Waals surface area contributed by atoms with Crippen LogP contribution in [0.5, 0.6) is 0 Å². The van der Waals surface area contributed by atoms with E-state index in [9.17, 15) is 4.79 Å². The second-order valence-electron chi connectivity index (χ2n) is 6.11. The normalized spacial score (nSPS) is 26.8. The maximum absolute atomic E-state index is 10.9. The number of aliphatic carboxylic acids is 1. The molecule has 3 rings (SSSR count). The van der Waals surface area contributed by atoms with Crippen molar-refractivity contribution in [1.82, 2.24) is 9.80 Å². The Morgan fingerprint density at radius 1 is 1.43 bits per heavy atom. The van der Waals surface area contributed by atoms with E-state index in [2.05, 4.69) is 50.9 Å². The second kappa shape index (κ2) is 6.07. The summed E-state index contributed by atoms with van der Waals surface area (Å²) in [5.41, 5.74) is 2.91. The van der Waals surface area contributed by atoms with Gasteiger partial charge in [0.1, 0.15) is 0 Å². The van der Waals surface area contributed by atoms with Crippen LogP contribution in [0.1, 0.15) is 30.5 Å². The molecule has 1 fully saturated rings. The molecule has 114 valence electrons. The van der Waals surface area contributed by atoms with E-state index >= 15 is 0 Å². The fourth-order valence-corrected chi connectivity index (χ4v) is 4.02. The molecule has 0 radical (unpaired) electrons. The van der Waals surface area contributed by atoms with Crippen LogP contribution in [-0.4, -0.2) is 53.1 Å². The molecule has 1 saturated heterocycles. The molecule has 2 atom stereocenters. The van der Waals surface area contributed by atoms with Gasteiger partial charge in [0.25, 0.3) is 0 Å². The minimum atomic E-state index is -0.731. The van der Waals surface area contributed by atoms with Gasteiger partial charge >= 0.3 is 5.97 Å². The van der Waals surface area contributed by atoms with Crippen molar-refractivity contribution < 1.29 is 9.90 Å². The molecular formula is C16H21BrN2O2. The third kappa shape index (κ3) is 3.15.